The summed E-state index contributed by atoms with van der Waals surface area (Å²) in [6.07, 6.45) is 2.33. The molecule has 3 amide bonds. The zero-order valence-electron chi connectivity index (χ0n) is 15.6. The lowest BCUT2D eigenvalue weighted by atomic mass is 9.93. The molecule has 0 aromatic heterocycles. The molecule has 1 N–H and O–H groups in total. The number of carbonyl (C=O) groups is 2. The summed E-state index contributed by atoms with van der Waals surface area (Å²) in [7, 11) is 0. The van der Waals surface area contributed by atoms with Gasteiger partial charge in [0.25, 0.3) is 11.6 Å². The molecule has 2 aromatic carbocycles. The van der Waals surface area contributed by atoms with Crippen molar-refractivity contribution in [1.82, 2.24) is 10.3 Å². The Balaban J connectivity index is 1.74. The molecule has 1 atom stereocenters. The number of hydrazone groups is 1. The van der Waals surface area contributed by atoms with Crippen molar-refractivity contribution < 1.29 is 14.5 Å². The highest BCUT2D eigenvalue weighted by molar-refractivity contribution is 6.07. The summed E-state index contributed by atoms with van der Waals surface area (Å²) >= 11 is 0. The average Bonchev–Trinajstić information content (AvgIpc) is 2.89. The molecule has 1 aliphatic heterocycles. The summed E-state index contributed by atoms with van der Waals surface area (Å²) in [6.45, 7) is 3.30. The lowest BCUT2D eigenvalue weighted by Crippen LogP contribution is -2.44. The lowest BCUT2D eigenvalue weighted by Gasteiger charge is -2.20. The Hall–Kier alpha value is -3.55. The second kappa shape index (κ2) is 7.59. The molecular weight excluding hydrogens is 360 g/mol. The first-order valence-electron chi connectivity index (χ1n) is 8.80. The summed E-state index contributed by atoms with van der Waals surface area (Å²) < 4.78 is 0. The van der Waals surface area contributed by atoms with Crippen molar-refractivity contribution in [2.45, 2.75) is 32.2 Å². The van der Waals surface area contributed by atoms with Gasteiger partial charge in [-0.2, -0.15) is 5.10 Å². The summed E-state index contributed by atoms with van der Waals surface area (Å²) in [5, 5.41) is 18.5. The summed E-state index contributed by atoms with van der Waals surface area (Å²) in [5.41, 5.74) is 0.916. The fraction of sp³-hybridized carbons (Fsp3) is 0.250. The molecule has 2 aromatic rings. The van der Waals surface area contributed by atoms with Gasteiger partial charge in [-0.25, -0.2) is 4.79 Å². The van der Waals surface area contributed by atoms with Gasteiger partial charge in [0.05, 0.1) is 11.1 Å². The van der Waals surface area contributed by atoms with E-state index in [9.17, 15) is 19.7 Å². The van der Waals surface area contributed by atoms with E-state index >= 15 is 0 Å². The van der Waals surface area contributed by atoms with Gasteiger partial charge in [0.2, 0.25) is 0 Å². The minimum Gasteiger partial charge on any atom is -0.322 e. The Morgan fingerprint density at radius 2 is 1.93 bits per heavy atom. The predicted octanol–water partition coefficient (Wildman–Crippen LogP) is 3.18. The topological polar surface area (TPSA) is 105 Å². The van der Waals surface area contributed by atoms with Gasteiger partial charge in [0.15, 0.2) is 0 Å². The van der Waals surface area contributed by atoms with Crippen LogP contribution in [0.3, 0.4) is 0 Å². The summed E-state index contributed by atoms with van der Waals surface area (Å²) in [4.78, 5) is 35.5. The zero-order chi connectivity index (χ0) is 20.3. The normalized spacial score (nSPS) is 19.3. The van der Waals surface area contributed by atoms with Gasteiger partial charge in [0, 0.05) is 17.2 Å². The minimum absolute atomic E-state index is 0.0474. The molecule has 1 heterocycles. The number of urea groups is 1. The van der Waals surface area contributed by atoms with Gasteiger partial charge in [-0.3, -0.25) is 14.9 Å². The number of nitro groups is 1. The molecule has 0 unspecified atom stereocenters. The van der Waals surface area contributed by atoms with E-state index in [-0.39, 0.29) is 5.69 Å². The number of benzene rings is 2. The molecule has 1 fully saturated rings. The van der Waals surface area contributed by atoms with Gasteiger partial charge in [0.1, 0.15) is 5.54 Å². The van der Waals surface area contributed by atoms with Crippen LogP contribution in [-0.4, -0.2) is 33.6 Å². The Morgan fingerprint density at radius 3 is 2.61 bits per heavy atom. The maximum Gasteiger partial charge on any atom is 0.346 e. The first-order chi connectivity index (χ1) is 13.3. The highest BCUT2D eigenvalue weighted by Crippen LogP contribution is 2.24. The molecule has 0 aliphatic carbocycles. The Kier molecular flexibility index (Phi) is 5.21. The van der Waals surface area contributed by atoms with E-state index in [0.717, 1.165) is 10.6 Å². The van der Waals surface area contributed by atoms with Gasteiger partial charge >= 0.3 is 6.03 Å². The van der Waals surface area contributed by atoms with E-state index in [1.165, 1.54) is 12.3 Å². The minimum atomic E-state index is -1.05. The van der Waals surface area contributed by atoms with E-state index in [1.807, 2.05) is 30.3 Å². The molecule has 144 valence electrons. The second-order valence-corrected chi connectivity index (χ2v) is 6.91. The number of hydrogen-bond donors (Lipinski definition) is 1. The molecule has 1 aliphatic rings. The van der Waals surface area contributed by atoms with Crippen LogP contribution in [0, 0.1) is 17.0 Å². The number of rotatable bonds is 6. The van der Waals surface area contributed by atoms with Crippen LogP contribution < -0.4 is 5.32 Å². The molecule has 28 heavy (non-hydrogen) atoms. The molecule has 0 radical (unpaired) electrons. The molecule has 1 saturated heterocycles. The maximum absolute atomic E-state index is 12.7. The van der Waals surface area contributed by atoms with E-state index in [2.05, 4.69) is 10.4 Å². The Morgan fingerprint density at radius 1 is 1.21 bits per heavy atom. The van der Waals surface area contributed by atoms with Crippen LogP contribution in [0.25, 0.3) is 0 Å². The molecule has 0 spiro atoms. The fourth-order valence-corrected chi connectivity index (χ4v) is 3.01. The number of carbonyl (C=O) groups excluding carboxylic acids is 2. The fourth-order valence-electron chi connectivity index (χ4n) is 3.01. The maximum atomic E-state index is 12.7. The van der Waals surface area contributed by atoms with Crippen molar-refractivity contribution in [3.63, 3.8) is 0 Å². The molecule has 8 nitrogen and oxygen atoms in total. The summed E-state index contributed by atoms with van der Waals surface area (Å²) in [6, 6.07) is 13.7. The monoisotopic (exact) mass is 380 g/mol. The van der Waals surface area contributed by atoms with E-state index in [0.29, 0.717) is 24.0 Å². The van der Waals surface area contributed by atoms with Crippen molar-refractivity contribution >= 4 is 23.8 Å². The van der Waals surface area contributed by atoms with Crippen LogP contribution in [0.5, 0.6) is 0 Å². The highest BCUT2D eigenvalue weighted by atomic mass is 16.6. The lowest BCUT2D eigenvalue weighted by molar-refractivity contribution is -0.385. The van der Waals surface area contributed by atoms with Crippen LogP contribution >= 0.6 is 0 Å². The molecule has 0 saturated carbocycles. The number of hydrogen-bond acceptors (Lipinski definition) is 5. The Labute approximate surface area is 162 Å². The van der Waals surface area contributed by atoms with Gasteiger partial charge in [-0.05, 0) is 32.3 Å². The molecule has 8 heteroatoms. The molecule has 0 bridgehead atoms. The van der Waals surface area contributed by atoms with Gasteiger partial charge < -0.3 is 5.32 Å². The van der Waals surface area contributed by atoms with Crippen molar-refractivity contribution in [1.29, 1.82) is 0 Å². The third-order valence-electron chi connectivity index (χ3n) is 4.75. The smallest absolute Gasteiger partial charge is 0.322 e. The van der Waals surface area contributed by atoms with Gasteiger partial charge in [-0.1, -0.05) is 42.5 Å². The highest BCUT2D eigenvalue weighted by Gasteiger charge is 2.47. The standard InChI is InChI=1S/C20H20N4O4/c1-14-8-9-16(12-17(14)24(27)28)13-21-23-18(25)20(2,22-19(23)26)11-10-15-6-4-3-5-7-15/h3-9,12-13H,10-11H2,1-2H3,(H,22,26)/b21-13-/t20-/m1/s1. The second-order valence-electron chi connectivity index (χ2n) is 6.91. The number of imide groups is 1. The number of aryl methyl sites for hydroxylation is 2. The number of amides is 3. The molecule has 3 rings (SSSR count). The van der Waals surface area contributed by atoms with Crippen LogP contribution in [0.4, 0.5) is 10.5 Å². The van der Waals surface area contributed by atoms with E-state index in [1.54, 1.807) is 26.0 Å². The van der Waals surface area contributed by atoms with E-state index in [4.69, 9.17) is 0 Å². The zero-order valence-corrected chi connectivity index (χ0v) is 15.6. The number of nitrogens with zero attached hydrogens (tertiary/aromatic N) is 3. The van der Waals surface area contributed by atoms with Crippen molar-refractivity contribution in [3.05, 3.63) is 75.3 Å². The van der Waals surface area contributed by atoms with Crippen LogP contribution in [-0.2, 0) is 11.2 Å². The van der Waals surface area contributed by atoms with Gasteiger partial charge in [-0.15, -0.1) is 5.01 Å². The molecular formula is C20H20N4O4. The van der Waals surface area contributed by atoms with Crippen LogP contribution in [0.1, 0.15) is 30.0 Å². The predicted molar refractivity (Wildman–Crippen MR) is 104 cm³/mol. The first-order valence-corrected chi connectivity index (χ1v) is 8.80. The third-order valence-corrected chi connectivity index (χ3v) is 4.75. The largest absolute Gasteiger partial charge is 0.346 e. The first kappa shape index (κ1) is 19.2. The SMILES string of the molecule is Cc1ccc(/C=N\N2C(=O)N[C@](C)(CCc3ccccc3)C2=O)cc1[N+](=O)[O-]. The van der Waals surface area contributed by atoms with Crippen molar-refractivity contribution in [2.24, 2.45) is 5.10 Å². The number of nitro benzene ring substituents is 1. The number of nitrogens with one attached hydrogen (secondary N) is 1. The summed E-state index contributed by atoms with van der Waals surface area (Å²) in [5.74, 6) is -0.453. The van der Waals surface area contributed by atoms with Crippen molar-refractivity contribution in [3.8, 4) is 0 Å². The van der Waals surface area contributed by atoms with E-state index < -0.39 is 22.4 Å². The average molecular weight is 380 g/mol. The van der Waals surface area contributed by atoms with Crippen LogP contribution in [0.15, 0.2) is 53.6 Å². The Bertz CT molecular complexity index is 958. The van der Waals surface area contributed by atoms with Crippen molar-refractivity contribution in [2.75, 3.05) is 0 Å². The third kappa shape index (κ3) is 3.90. The van der Waals surface area contributed by atoms with Crippen LogP contribution in [0.2, 0.25) is 0 Å². The quantitative estimate of drug-likeness (QED) is 0.360.